The molecule has 2 aromatic rings. The highest BCUT2D eigenvalue weighted by atomic mass is 16.5. The summed E-state index contributed by atoms with van der Waals surface area (Å²) in [6, 6.07) is 0. The minimum atomic E-state index is -0.149. The molecule has 0 atom stereocenters. The second-order valence-corrected chi connectivity index (χ2v) is 5.83. The summed E-state index contributed by atoms with van der Waals surface area (Å²) >= 11 is 0. The van der Waals surface area contributed by atoms with Gasteiger partial charge in [0.25, 0.3) is 0 Å². The van der Waals surface area contributed by atoms with Crippen molar-refractivity contribution >= 4 is 0 Å². The molecule has 0 radical (unpaired) electrons. The van der Waals surface area contributed by atoms with Crippen molar-refractivity contribution in [2.75, 3.05) is 20.3 Å². The average Bonchev–Trinajstić information content (AvgIpc) is 3.04. The lowest BCUT2D eigenvalue weighted by Crippen LogP contribution is -2.18. The van der Waals surface area contributed by atoms with Gasteiger partial charge in [-0.1, -0.05) is 26.0 Å². The molecule has 0 aliphatic heterocycles. The van der Waals surface area contributed by atoms with Crippen LogP contribution in [0.3, 0.4) is 0 Å². The molecule has 0 amide bonds. The van der Waals surface area contributed by atoms with Crippen molar-refractivity contribution in [2.24, 2.45) is 0 Å². The number of hydrogen-bond acceptors (Lipinski definition) is 7. The fourth-order valence-electron chi connectivity index (χ4n) is 1.65. The molecular weight excluding hydrogens is 272 g/mol. The Labute approximate surface area is 123 Å². The van der Waals surface area contributed by atoms with Crippen LogP contribution >= 0.6 is 0 Å². The van der Waals surface area contributed by atoms with E-state index in [0.29, 0.717) is 31.5 Å². The van der Waals surface area contributed by atoms with Gasteiger partial charge < -0.3 is 14.5 Å². The van der Waals surface area contributed by atoms with Gasteiger partial charge in [-0.15, -0.1) is 15.3 Å². The van der Waals surface area contributed by atoms with Crippen molar-refractivity contribution in [2.45, 2.75) is 39.3 Å². The Bertz CT molecular complexity index is 557. The third-order valence-corrected chi connectivity index (χ3v) is 2.78. The first kappa shape index (κ1) is 15.6. The fourth-order valence-corrected chi connectivity index (χ4v) is 1.65. The summed E-state index contributed by atoms with van der Waals surface area (Å²) in [5.41, 5.74) is 0.714. The van der Waals surface area contributed by atoms with Crippen LogP contribution in [-0.2, 0) is 23.2 Å². The van der Waals surface area contributed by atoms with Gasteiger partial charge in [0.15, 0.2) is 0 Å². The van der Waals surface area contributed by atoms with Gasteiger partial charge in [-0.2, -0.15) is 0 Å². The Hall–Kier alpha value is -1.80. The molecule has 21 heavy (non-hydrogen) atoms. The van der Waals surface area contributed by atoms with Gasteiger partial charge in [0.05, 0.1) is 18.5 Å². The Morgan fingerprint density at radius 3 is 2.76 bits per heavy atom. The highest BCUT2D eigenvalue weighted by molar-refractivity contribution is 4.97. The van der Waals surface area contributed by atoms with E-state index in [1.165, 1.54) is 0 Å². The van der Waals surface area contributed by atoms with E-state index >= 15 is 0 Å². The van der Waals surface area contributed by atoms with Crippen LogP contribution < -0.4 is 5.32 Å². The summed E-state index contributed by atoms with van der Waals surface area (Å²) in [5.74, 6) is 1.16. The molecule has 116 valence electrons. The van der Waals surface area contributed by atoms with E-state index in [2.05, 4.69) is 25.8 Å². The normalized spacial score (nSPS) is 12.0. The lowest BCUT2D eigenvalue weighted by molar-refractivity contribution is 0.199. The van der Waals surface area contributed by atoms with Gasteiger partial charge >= 0.3 is 0 Å². The standard InChI is InChI=1S/C13H22N6O2/c1-13(2,3)12-17-16-11(21-12)9-19-8-10(15-18-19)7-14-5-6-20-4/h8,14H,5-7,9H2,1-4H3. The second kappa shape index (κ2) is 6.77. The molecule has 0 unspecified atom stereocenters. The van der Waals surface area contributed by atoms with Crippen LogP contribution in [-0.4, -0.2) is 45.5 Å². The van der Waals surface area contributed by atoms with Gasteiger partial charge in [-0.3, -0.25) is 0 Å². The van der Waals surface area contributed by atoms with Crippen LogP contribution in [0.25, 0.3) is 0 Å². The van der Waals surface area contributed by atoms with Gasteiger partial charge in [-0.25, -0.2) is 4.68 Å². The topological polar surface area (TPSA) is 90.9 Å². The molecule has 2 aromatic heterocycles. The maximum atomic E-state index is 5.63. The lowest BCUT2D eigenvalue weighted by atomic mass is 9.97. The van der Waals surface area contributed by atoms with Crippen LogP contribution in [0.1, 0.15) is 38.2 Å². The zero-order chi connectivity index (χ0) is 15.3. The maximum absolute atomic E-state index is 5.63. The van der Waals surface area contributed by atoms with Crippen molar-refractivity contribution < 1.29 is 9.15 Å². The highest BCUT2D eigenvalue weighted by Crippen LogP contribution is 2.20. The van der Waals surface area contributed by atoms with E-state index < -0.39 is 0 Å². The number of ether oxygens (including phenoxy) is 1. The predicted molar refractivity (Wildman–Crippen MR) is 75.7 cm³/mol. The molecule has 0 aromatic carbocycles. The molecule has 0 aliphatic carbocycles. The van der Waals surface area contributed by atoms with E-state index in [0.717, 1.165) is 12.2 Å². The summed E-state index contributed by atoms with van der Waals surface area (Å²) in [4.78, 5) is 0. The van der Waals surface area contributed by atoms with E-state index in [-0.39, 0.29) is 5.41 Å². The third-order valence-electron chi connectivity index (χ3n) is 2.78. The Morgan fingerprint density at radius 1 is 1.29 bits per heavy atom. The Kier molecular flexibility index (Phi) is 5.03. The molecule has 0 aliphatic rings. The lowest BCUT2D eigenvalue weighted by Gasteiger charge is -2.10. The van der Waals surface area contributed by atoms with Crippen LogP contribution in [0, 0.1) is 0 Å². The molecule has 1 N–H and O–H groups in total. The summed E-state index contributed by atoms with van der Waals surface area (Å²) in [6.45, 7) is 8.62. The monoisotopic (exact) mass is 294 g/mol. The van der Waals surface area contributed by atoms with E-state index in [1.54, 1.807) is 11.8 Å². The first-order valence-corrected chi connectivity index (χ1v) is 6.90. The summed E-state index contributed by atoms with van der Waals surface area (Å²) in [7, 11) is 1.67. The minimum Gasteiger partial charge on any atom is -0.423 e. The van der Waals surface area contributed by atoms with Crippen molar-refractivity contribution in [3.8, 4) is 0 Å². The Balaban J connectivity index is 1.89. The largest absolute Gasteiger partial charge is 0.423 e. The minimum absolute atomic E-state index is 0.149. The fraction of sp³-hybridized carbons (Fsp3) is 0.692. The molecular formula is C13H22N6O2. The molecule has 8 heteroatoms. The van der Waals surface area contributed by atoms with E-state index in [1.807, 2.05) is 27.0 Å². The van der Waals surface area contributed by atoms with Crippen molar-refractivity contribution in [3.63, 3.8) is 0 Å². The van der Waals surface area contributed by atoms with Crippen LogP contribution in [0.15, 0.2) is 10.6 Å². The summed E-state index contributed by atoms with van der Waals surface area (Å²) < 4.78 is 12.3. The number of methoxy groups -OCH3 is 1. The van der Waals surface area contributed by atoms with E-state index in [4.69, 9.17) is 9.15 Å². The molecule has 8 nitrogen and oxygen atoms in total. The Morgan fingerprint density at radius 2 is 2.10 bits per heavy atom. The third kappa shape index (κ3) is 4.61. The quantitative estimate of drug-likeness (QED) is 0.753. The number of aromatic nitrogens is 5. The molecule has 0 saturated heterocycles. The summed E-state index contributed by atoms with van der Waals surface area (Å²) in [5, 5.41) is 19.4. The van der Waals surface area contributed by atoms with E-state index in [9.17, 15) is 0 Å². The number of nitrogens with one attached hydrogen (secondary N) is 1. The number of rotatable bonds is 7. The second-order valence-electron chi connectivity index (χ2n) is 5.83. The zero-order valence-electron chi connectivity index (χ0n) is 13.0. The molecule has 0 saturated carbocycles. The zero-order valence-corrected chi connectivity index (χ0v) is 13.0. The first-order valence-electron chi connectivity index (χ1n) is 6.90. The van der Waals surface area contributed by atoms with Crippen LogP contribution in [0.5, 0.6) is 0 Å². The molecule has 0 fully saturated rings. The number of hydrogen-bond donors (Lipinski definition) is 1. The highest BCUT2D eigenvalue weighted by Gasteiger charge is 2.21. The van der Waals surface area contributed by atoms with Crippen molar-refractivity contribution in [1.29, 1.82) is 0 Å². The van der Waals surface area contributed by atoms with Gasteiger partial charge in [0.2, 0.25) is 11.8 Å². The maximum Gasteiger partial charge on any atom is 0.238 e. The van der Waals surface area contributed by atoms with Gasteiger partial charge in [-0.05, 0) is 0 Å². The van der Waals surface area contributed by atoms with Gasteiger partial charge in [0.1, 0.15) is 6.54 Å². The van der Waals surface area contributed by atoms with Crippen LogP contribution in [0.4, 0.5) is 0 Å². The molecule has 2 rings (SSSR count). The SMILES string of the molecule is COCCNCc1cn(Cc2nnc(C(C)(C)C)o2)nn1. The van der Waals surface area contributed by atoms with Crippen LogP contribution in [0.2, 0.25) is 0 Å². The molecule has 2 heterocycles. The molecule has 0 bridgehead atoms. The first-order chi connectivity index (χ1) is 9.99. The van der Waals surface area contributed by atoms with Gasteiger partial charge in [0, 0.05) is 25.6 Å². The molecule has 0 spiro atoms. The number of nitrogens with zero attached hydrogens (tertiary/aromatic N) is 5. The smallest absolute Gasteiger partial charge is 0.238 e. The predicted octanol–water partition coefficient (Wildman–Crippen LogP) is 0.743. The summed E-state index contributed by atoms with van der Waals surface area (Å²) in [6.07, 6.45) is 1.86. The average molecular weight is 294 g/mol. The van der Waals surface area contributed by atoms with Crippen molar-refractivity contribution in [3.05, 3.63) is 23.7 Å². The van der Waals surface area contributed by atoms with Crippen molar-refractivity contribution in [1.82, 2.24) is 30.5 Å².